The van der Waals surface area contributed by atoms with Gasteiger partial charge in [-0.1, -0.05) is 18.2 Å². The Morgan fingerprint density at radius 2 is 2.05 bits per heavy atom. The van der Waals surface area contributed by atoms with E-state index in [1.165, 1.54) is 6.07 Å². The fourth-order valence-electron chi connectivity index (χ4n) is 2.48. The number of halogens is 1. The minimum Gasteiger partial charge on any atom is -0.345 e. The molecule has 104 valence electrons. The van der Waals surface area contributed by atoms with E-state index in [1.54, 1.807) is 17.0 Å². The summed E-state index contributed by atoms with van der Waals surface area (Å²) in [4.78, 5) is 13.9. The number of rotatable bonds is 4. The molecule has 0 aliphatic carbocycles. The van der Waals surface area contributed by atoms with Gasteiger partial charge in [0.2, 0.25) is 5.91 Å². The van der Waals surface area contributed by atoms with E-state index in [0.717, 1.165) is 25.9 Å². The topological polar surface area (TPSA) is 32.3 Å². The van der Waals surface area contributed by atoms with Gasteiger partial charge in [0.15, 0.2) is 0 Å². The molecule has 1 heterocycles. The smallest absolute Gasteiger partial charge is 0.225 e. The number of likely N-dealkylation sites (N-methyl/N-ethyl adjacent to an activating group) is 1. The predicted molar refractivity (Wildman–Crippen MR) is 73.3 cm³/mol. The van der Waals surface area contributed by atoms with Crippen molar-refractivity contribution in [3.63, 3.8) is 0 Å². The van der Waals surface area contributed by atoms with Crippen LogP contribution >= 0.6 is 0 Å². The van der Waals surface area contributed by atoms with E-state index < -0.39 is 0 Å². The SMILES string of the molecule is CN(CCc1ccccc1F)C(=O)C1CCNCC1. The zero-order valence-electron chi connectivity index (χ0n) is 11.4. The number of piperidine rings is 1. The largest absolute Gasteiger partial charge is 0.345 e. The van der Waals surface area contributed by atoms with E-state index in [-0.39, 0.29) is 17.6 Å². The summed E-state index contributed by atoms with van der Waals surface area (Å²) in [7, 11) is 1.81. The Hall–Kier alpha value is -1.42. The fourth-order valence-corrected chi connectivity index (χ4v) is 2.48. The second-order valence-electron chi connectivity index (χ2n) is 5.13. The van der Waals surface area contributed by atoms with Gasteiger partial charge in [0, 0.05) is 19.5 Å². The van der Waals surface area contributed by atoms with Crippen molar-refractivity contribution in [3.05, 3.63) is 35.6 Å². The Balaban J connectivity index is 1.85. The molecule has 0 atom stereocenters. The molecule has 1 N–H and O–H groups in total. The summed E-state index contributed by atoms with van der Waals surface area (Å²) in [6.07, 6.45) is 2.38. The molecule has 0 unspecified atom stereocenters. The maximum absolute atomic E-state index is 13.5. The van der Waals surface area contributed by atoms with Gasteiger partial charge in [-0.2, -0.15) is 0 Å². The zero-order valence-corrected chi connectivity index (χ0v) is 11.4. The van der Waals surface area contributed by atoms with Crippen molar-refractivity contribution in [2.45, 2.75) is 19.3 Å². The molecule has 1 aliphatic rings. The summed E-state index contributed by atoms with van der Waals surface area (Å²) in [5, 5.41) is 3.25. The third-order valence-corrected chi connectivity index (χ3v) is 3.74. The van der Waals surface area contributed by atoms with Crippen molar-refractivity contribution in [2.75, 3.05) is 26.7 Å². The Labute approximate surface area is 113 Å². The second kappa shape index (κ2) is 6.66. The maximum atomic E-state index is 13.5. The van der Waals surface area contributed by atoms with E-state index >= 15 is 0 Å². The first-order valence-electron chi connectivity index (χ1n) is 6.87. The van der Waals surface area contributed by atoms with E-state index in [4.69, 9.17) is 0 Å². The van der Waals surface area contributed by atoms with Gasteiger partial charge >= 0.3 is 0 Å². The lowest BCUT2D eigenvalue weighted by Crippen LogP contribution is -2.40. The first-order chi connectivity index (χ1) is 9.18. The summed E-state index contributed by atoms with van der Waals surface area (Å²) in [6.45, 7) is 2.40. The standard InChI is InChI=1S/C15H21FN2O/c1-18(15(19)13-6-9-17-10-7-13)11-8-12-4-2-3-5-14(12)16/h2-5,13,17H,6-11H2,1H3. The Bertz CT molecular complexity index is 430. The van der Waals surface area contributed by atoms with Gasteiger partial charge in [0.1, 0.15) is 5.82 Å². The second-order valence-corrected chi connectivity index (χ2v) is 5.13. The third kappa shape index (κ3) is 3.77. The molecule has 4 heteroatoms. The molecule has 2 rings (SSSR count). The molecule has 1 aromatic carbocycles. The number of amides is 1. The van der Waals surface area contributed by atoms with Crippen molar-refractivity contribution >= 4 is 5.91 Å². The normalized spacial score (nSPS) is 16.3. The lowest BCUT2D eigenvalue weighted by molar-refractivity contribution is -0.134. The van der Waals surface area contributed by atoms with Crippen LogP contribution in [0.2, 0.25) is 0 Å². The summed E-state index contributed by atoms with van der Waals surface area (Å²) < 4.78 is 13.5. The van der Waals surface area contributed by atoms with Crippen LogP contribution in [0.25, 0.3) is 0 Å². The van der Waals surface area contributed by atoms with Gasteiger partial charge in [-0.15, -0.1) is 0 Å². The lowest BCUT2D eigenvalue weighted by atomic mass is 9.96. The molecule has 1 aliphatic heterocycles. The molecule has 1 fully saturated rings. The van der Waals surface area contributed by atoms with Crippen LogP contribution in [-0.2, 0) is 11.2 Å². The van der Waals surface area contributed by atoms with Crippen LogP contribution in [0.1, 0.15) is 18.4 Å². The molecule has 0 saturated carbocycles. The summed E-state index contributed by atoms with van der Waals surface area (Å²) in [5.41, 5.74) is 0.674. The van der Waals surface area contributed by atoms with E-state index in [1.807, 2.05) is 13.1 Å². The van der Waals surface area contributed by atoms with Crippen LogP contribution in [0, 0.1) is 11.7 Å². The molecule has 0 radical (unpaired) electrons. The monoisotopic (exact) mass is 264 g/mol. The Morgan fingerprint density at radius 1 is 1.37 bits per heavy atom. The van der Waals surface area contributed by atoms with Crippen LogP contribution < -0.4 is 5.32 Å². The molecule has 0 aromatic heterocycles. The van der Waals surface area contributed by atoms with E-state index in [2.05, 4.69) is 5.32 Å². The molecule has 0 bridgehead atoms. The van der Waals surface area contributed by atoms with Crippen molar-refractivity contribution in [3.8, 4) is 0 Å². The Kier molecular flexibility index (Phi) is 4.91. The van der Waals surface area contributed by atoms with Crippen LogP contribution in [0.3, 0.4) is 0 Å². The minimum atomic E-state index is -0.190. The van der Waals surface area contributed by atoms with Crippen molar-refractivity contribution in [1.82, 2.24) is 10.2 Å². The number of hydrogen-bond acceptors (Lipinski definition) is 2. The molecule has 19 heavy (non-hydrogen) atoms. The highest BCUT2D eigenvalue weighted by Crippen LogP contribution is 2.15. The number of benzene rings is 1. The third-order valence-electron chi connectivity index (χ3n) is 3.74. The average Bonchev–Trinajstić information content (AvgIpc) is 2.46. The molecular formula is C15H21FN2O. The van der Waals surface area contributed by atoms with Gasteiger partial charge < -0.3 is 10.2 Å². The highest BCUT2D eigenvalue weighted by molar-refractivity contribution is 5.78. The number of nitrogens with one attached hydrogen (secondary N) is 1. The summed E-state index contributed by atoms with van der Waals surface area (Å²) in [5.74, 6) is 0.134. The van der Waals surface area contributed by atoms with Gasteiger partial charge in [-0.3, -0.25) is 4.79 Å². The quantitative estimate of drug-likeness (QED) is 0.900. The fraction of sp³-hybridized carbons (Fsp3) is 0.533. The number of hydrogen-bond donors (Lipinski definition) is 1. The number of carbonyl (C=O) groups is 1. The highest BCUT2D eigenvalue weighted by Gasteiger charge is 2.23. The van der Waals surface area contributed by atoms with E-state index in [9.17, 15) is 9.18 Å². The van der Waals surface area contributed by atoms with E-state index in [0.29, 0.717) is 18.5 Å². The van der Waals surface area contributed by atoms with Crippen molar-refractivity contribution < 1.29 is 9.18 Å². The van der Waals surface area contributed by atoms with Gasteiger partial charge in [0.25, 0.3) is 0 Å². The van der Waals surface area contributed by atoms with Gasteiger partial charge in [-0.25, -0.2) is 4.39 Å². The van der Waals surface area contributed by atoms with Crippen molar-refractivity contribution in [2.24, 2.45) is 5.92 Å². The minimum absolute atomic E-state index is 0.131. The van der Waals surface area contributed by atoms with Crippen LogP contribution in [0.5, 0.6) is 0 Å². The van der Waals surface area contributed by atoms with Gasteiger partial charge in [-0.05, 0) is 44.0 Å². The summed E-state index contributed by atoms with van der Waals surface area (Å²) >= 11 is 0. The Morgan fingerprint density at radius 3 is 2.74 bits per heavy atom. The number of nitrogens with zero attached hydrogens (tertiary/aromatic N) is 1. The molecule has 1 aromatic rings. The molecule has 3 nitrogen and oxygen atoms in total. The first-order valence-corrected chi connectivity index (χ1v) is 6.87. The maximum Gasteiger partial charge on any atom is 0.225 e. The van der Waals surface area contributed by atoms with Crippen LogP contribution in [0.4, 0.5) is 4.39 Å². The average molecular weight is 264 g/mol. The predicted octanol–water partition coefficient (Wildman–Crippen LogP) is 1.83. The lowest BCUT2D eigenvalue weighted by Gasteiger charge is -2.27. The first kappa shape index (κ1) is 14.0. The molecule has 1 saturated heterocycles. The van der Waals surface area contributed by atoms with Gasteiger partial charge in [0.05, 0.1) is 0 Å². The molecule has 0 spiro atoms. The molecular weight excluding hydrogens is 243 g/mol. The molecule has 1 amide bonds. The van der Waals surface area contributed by atoms with Crippen LogP contribution in [0.15, 0.2) is 24.3 Å². The summed E-state index contributed by atoms with van der Waals surface area (Å²) in [6, 6.07) is 6.75. The van der Waals surface area contributed by atoms with Crippen LogP contribution in [-0.4, -0.2) is 37.5 Å². The highest BCUT2D eigenvalue weighted by atomic mass is 19.1. The number of carbonyl (C=O) groups excluding carboxylic acids is 1. The zero-order chi connectivity index (χ0) is 13.7. The van der Waals surface area contributed by atoms with Crippen molar-refractivity contribution in [1.29, 1.82) is 0 Å².